The zero-order chi connectivity index (χ0) is 17.8. The van der Waals surface area contributed by atoms with E-state index in [0.717, 1.165) is 16.7 Å². The number of fused-ring (bicyclic) bond motifs is 1. The maximum Gasteiger partial charge on any atom is 0.326 e. The van der Waals surface area contributed by atoms with Crippen LogP contribution < -0.4 is 5.43 Å². The van der Waals surface area contributed by atoms with Crippen LogP contribution in [0.25, 0.3) is 5.57 Å². The van der Waals surface area contributed by atoms with Crippen molar-refractivity contribution in [3.05, 3.63) is 65.6 Å². The number of halogens is 1. The van der Waals surface area contributed by atoms with E-state index in [1.54, 1.807) is 19.3 Å². The molecule has 0 bridgehead atoms. The van der Waals surface area contributed by atoms with E-state index < -0.39 is 5.97 Å². The Kier molecular flexibility index (Phi) is 5.09. The lowest BCUT2D eigenvalue weighted by Crippen LogP contribution is -2.38. The molecule has 25 heavy (non-hydrogen) atoms. The summed E-state index contributed by atoms with van der Waals surface area (Å²) in [6.07, 6.45) is 5.41. The van der Waals surface area contributed by atoms with Crippen molar-refractivity contribution in [2.45, 2.75) is 13.3 Å². The fourth-order valence-corrected chi connectivity index (χ4v) is 2.93. The van der Waals surface area contributed by atoms with Crippen LogP contribution >= 0.6 is 11.8 Å². The number of benzene rings is 1. The second-order valence-electron chi connectivity index (χ2n) is 5.49. The average Bonchev–Trinajstić information content (AvgIpc) is 2.78. The van der Waals surface area contributed by atoms with Crippen LogP contribution in [0.3, 0.4) is 0 Å². The monoisotopic (exact) mass is 359 g/mol. The summed E-state index contributed by atoms with van der Waals surface area (Å²) in [6.45, 7) is 1.86. The molecule has 6 nitrogen and oxygen atoms in total. The summed E-state index contributed by atoms with van der Waals surface area (Å²) in [5.74, 6) is -0.615. The summed E-state index contributed by atoms with van der Waals surface area (Å²) >= 11 is 6.15. The average molecular weight is 360 g/mol. The highest BCUT2D eigenvalue weighted by Gasteiger charge is 2.30. The molecule has 0 fully saturated rings. The highest BCUT2D eigenvalue weighted by atomic mass is 35.5. The molecule has 0 radical (unpaired) electrons. The Hall–Kier alpha value is -2.73. The fraction of sp³-hybridized carbons (Fsp3) is 0.222. The van der Waals surface area contributed by atoms with Crippen LogP contribution in [0.5, 0.6) is 0 Å². The zero-order valence-corrected chi connectivity index (χ0v) is 14.5. The second-order valence-corrected chi connectivity index (χ2v) is 5.85. The van der Waals surface area contributed by atoms with Crippen LogP contribution in [0.15, 0.2) is 60.1 Å². The topological polar surface area (TPSA) is 61.9 Å². The van der Waals surface area contributed by atoms with Crippen LogP contribution in [-0.2, 0) is 14.3 Å². The Balaban J connectivity index is 1.99. The minimum atomic E-state index is -0.449. The summed E-state index contributed by atoms with van der Waals surface area (Å²) in [6, 6.07) is 9.72. The van der Waals surface area contributed by atoms with E-state index in [1.165, 1.54) is 9.43 Å². The molecular formula is C18H18ClN3O3. The molecular weight excluding hydrogens is 342 g/mol. The number of esters is 1. The van der Waals surface area contributed by atoms with Gasteiger partial charge in [-0.25, -0.2) is 4.53 Å². The number of carbonyl (C=O) groups excluding carboxylic acids is 2. The lowest BCUT2D eigenvalue weighted by molar-refractivity contribution is -0.147. The molecule has 0 saturated heterocycles. The van der Waals surface area contributed by atoms with Gasteiger partial charge in [0.05, 0.1) is 12.3 Å². The molecule has 2 aliphatic heterocycles. The molecule has 1 aromatic rings. The van der Waals surface area contributed by atoms with Crippen molar-refractivity contribution in [1.29, 1.82) is 0 Å². The van der Waals surface area contributed by atoms with E-state index in [2.05, 4.69) is 5.43 Å². The molecule has 2 aliphatic rings. The lowest BCUT2D eigenvalue weighted by Gasteiger charge is -2.29. The molecule has 1 N–H and O–H groups in total. The first-order valence-corrected chi connectivity index (χ1v) is 8.29. The summed E-state index contributed by atoms with van der Waals surface area (Å²) in [5.41, 5.74) is 6.11. The van der Waals surface area contributed by atoms with E-state index in [1.807, 2.05) is 36.4 Å². The van der Waals surface area contributed by atoms with Gasteiger partial charge in [-0.15, -0.1) is 0 Å². The van der Waals surface area contributed by atoms with Crippen molar-refractivity contribution in [2.24, 2.45) is 0 Å². The fourth-order valence-electron chi connectivity index (χ4n) is 2.79. The van der Waals surface area contributed by atoms with Gasteiger partial charge in [0.25, 0.3) is 0 Å². The van der Waals surface area contributed by atoms with Gasteiger partial charge in [0.2, 0.25) is 5.91 Å². The molecule has 2 heterocycles. The van der Waals surface area contributed by atoms with E-state index in [-0.39, 0.29) is 25.5 Å². The third kappa shape index (κ3) is 3.69. The van der Waals surface area contributed by atoms with Crippen molar-refractivity contribution in [3.8, 4) is 0 Å². The van der Waals surface area contributed by atoms with Gasteiger partial charge in [0, 0.05) is 41.7 Å². The summed E-state index contributed by atoms with van der Waals surface area (Å²) in [5, 5.41) is 0. The number of nitrogens with one attached hydrogen (secondary N) is 1. The van der Waals surface area contributed by atoms with Crippen LogP contribution in [0, 0.1) is 0 Å². The van der Waals surface area contributed by atoms with Crippen LogP contribution in [0.1, 0.15) is 18.9 Å². The third-order valence-electron chi connectivity index (χ3n) is 3.88. The Morgan fingerprint density at radius 1 is 1.28 bits per heavy atom. The number of carbonyl (C=O) groups is 2. The standard InChI is InChI=1S/C18H18ClN3O3/c1-2-25-18(24)12-21-16-10-20-22(19)11-15(13-6-4-3-5-7-13)14(16)8-9-17(21)23/h3-8,10-11,20H,2,9,12H2,1H3. The van der Waals surface area contributed by atoms with Gasteiger partial charge in [0.15, 0.2) is 0 Å². The van der Waals surface area contributed by atoms with Crippen molar-refractivity contribution >= 4 is 29.2 Å². The zero-order valence-electron chi connectivity index (χ0n) is 13.7. The second kappa shape index (κ2) is 7.44. The van der Waals surface area contributed by atoms with Gasteiger partial charge in [-0.1, -0.05) is 36.4 Å². The van der Waals surface area contributed by atoms with E-state index in [4.69, 9.17) is 16.5 Å². The summed E-state index contributed by atoms with van der Waals surface area (Å²) < 4.78 is 6.28. The summed E-state index contributed by atoms with van der Waals surface area (Å²) in [4.78, 5) is 25.7. The number of rotatable bonds is 4. The molecule has 0 spiro atoms. The first-order valence-electron chi connectivity index (χ1n) is 7.95. The van der Waals surface area contributed by atoms with E-state index in [9.17, 15) is 9.59 Å². The van der Waals surface area contributed by atoms with Gasteiger partial charge in [-0.05, 0) is 12.5 Å². The van der Waals surface area contributed by atoms with E-state index in [0.29, 0.717) is 5.70 Å². The SMILES string of the molecule is CCOC(=O)CN1C(=O)CC=C2C(c3ccccc3)=CN(Cl)NC=C21. The van der Waals surface area contributed by atoms with Gasteiger partial charge in [-0.3, -0.25) is 19.9 Å². The Labute approximate surface area is 151 Å². The number of ether oxygens (including phenoxy) is 1. The number of nitrogens with zero attached hydrogens (tertiary/aromatic N) is 2. The maximum atomic E-state index is 12.4. The van der Waals surface area contributed by atoms with Crippen LogP contribution in [-0.4, -0.2) is 34.5 Å². The minimum Gasteiger partial charge on any atom is -0.465 e. The minimum absolute atomic E-state index is 0.137. The van der Waals surface area contributed by atoms with Gasteiger partial charge < -0.3 is 4.74 Å². The molecule has 130 valence electrons. The molecule has 3 rings (SSSR count). The number of hydrogen-bond donors (Lipinski definition) is 1. The maximum absolute atomic E-state index is 12.4. The third-order valence-corrected chi connectivity index (χ3v) is 4.08. The molecule has 0 aliphatic carbocycles. The number of hydrogen-bond acceptors (Lipinski definition) is 5. The first kappa shape index (κ1) is 17.1. The lowest BCUT2D eigenvalue weighted by atomic mass is 9.93. The molecule has 1 amide bonds. The van der Waals surface area contributed by atoms with E-state index >= 15 is 0 Å². The number of amides is 1. The predicted octanol–water partition coefficient (Wildman–Crippen LogP) is 2.56. The molecule has 1 aromatic carbocycles. The van der Waals surface area contributed by atoms with Crippen molar-refractivity contribution in [3.63, 3.8) is 0 Å². The largest absolute Gasteiger partial charge is 0.465 e. The van der Waals surface area contributed by atoms with Crippen molar-refractivity contribution in [2.75, 3.05) is 13.2 Å². The Bertz CT molecular complexity index is 771. The van der Waals surface area contributed by atoms with Gasteiger partial charge in [-0.2, -0.15) is 0 Å². The van der Waals surface area contributed by atoms with Crippen LogP contribution in [0.4, 0.5) is 0 Å². The number of hydrazine groups is 1. The molecule has 0 atom stereocenters. The summed E-state index contributed by atoms with van der Waals surface area (Å²) in [7, 11) is 0. The highest BCUT2D eigenvalue weighted by Crippen LogP contribution is 2.35. The molecule has 0 aromatic heterocycles. The predicted molar refractivity (Wildman–Crippen MR) is 94.4 cm³/mol. The molecule has 7 heteroatoms. The normalized spacial score (nSPS) is 16.9. The van der Waals surface area contributed by atoms with Gasteiger partial charge >= 0.3 is 5.97 Å². The molecule has 0 unspecified atom stereocenters. The quantitative estimate of drug-likeness (QED) is 0.661. The first-order chi connectivity index (χ1) is 12.1. The smallest absolute Gasteiger partial charge is 0.326 e. The Morgan fingerprint density at radius 2 is 2.04 bits per heavy atom. The van der Waals surface area contributed by atoms with Gasteiger partial charge in [0.1, 0.15) is 6.54 Å². The van der Waals surface area contributed by atoms with Crippen LogP contribution in [0.2, 0.25) is 0 Å². The highest BCUT2D eigenvalue weighted by molar-refractivity contribution is 6.14. The molecule has 0 saturated carbocycles. The Morgan fingerprint density at radius 3 is 2.76 bits per heavy atom. The van der Waals surface area contributed by atoms with Crippen molar-refractivity contribution < 1.29 is 14.3 Å². The van der Waals surface area contributed by atoms with Crippen molar-refractivity contribution in [1.82, 2.24) is 14.9 Å². The number of allylic oxidation sites excluding steroid dienone is 1.